The van der Waals surface area contributed by atoms with Gasteiger partial charge in [-0.3, -0.25) is 19.7 Å². The highest BCUT2D eigenvalue weighted by Gasteiger charge is 2.37. The lowest BCUT2D eigenvalue weighted by Gasteiger charge is -2.27. The second-order valence-corrected chi connectivity index (χ2v) is 10.0. The van der Waals surface area contributed by atoms with Crippen LogP contribution in [-0.2, 0) is 14.4 Å². The molecule has 4 rings (SSSR count). The third-order valence-corrected chi connectivity index (χ3v) is 6.65. The van der Waals surface area contributed by atoms with Crippen LogP contribution in [0, 0.1) is 20.8 Å². The smallest absolute Gasteiger partial charge is 0.335 e. The standard InChI is InChI=1S/C28H23BrClN3O5/c1-15-4-8-22(17(3)10-15)31-25(34)14-38-24-9-6-18(12-21(24)29)11-20-26(35)32-28(37)33(27(20)36)23-13-19(30)7-5-16(23)2/h4-13H,14H2,1-3H3,(H,31,34)(H,32,35,37)/b20-11+. The minimum absolute atomic E-state index is 0.219. The van der Waals surface area contributed by atoms with Gasteiger partial charge in [-0.05, 0) is 89.8 Å². The Bertz CT molecular complexity index is 1520. The Balaban J connectivity index is 1.49. The number of carbonyl (C=O) groups is 4. The van der Waals surface area contributed by atoms with E-state index in [1.54, 1.807) is 37.3 Å². The summed E-state index contributed by atoms with van der Waals surface area (Å²) in [6, 6.07) is 14.5. The topological polar surface area (TPSA) is 105 Å². The van der Waals surface area contributed by atoms with Gasteiger partial charge < -0.3 is 10.1 Å². The van der Waals surface area contributed by atoms with E-state index in [2.05, 4.69) is 26.6 Å². The first-order chi connectivity index (χ1) is 18.0. The van der Waals surface area contributed by atoms with Gasteiger partial charge in [0.15, 0.2) is 6.61 Å². The van der Waals surface area contributed by atoms with Crippen molar-refractivity contribution < 1.29 is 23.9 Å². The number of hydrogen-bond acceptors (Lipinski definition) is 5. The van der Waals surface area contributed by atoms with Gasteiger partial charge in [-0.15, -0.1) is 0 Å². The molecule has 0 spiro atoms. The van der Waals surface area contributed by atoms with Gasteiger partial charge in [0.05, 0.1) is 10.2 Å². The third kappa shape index (κ3) is 5.95. The number of aryl methyl sites for hydroxylation is 3. The molecule has 0 atom stereocenters. The van der Waals surface area contributed by atoms with Crippen LogP contribution in [0.1, 0.15) is 22.3 Å². The molecule has 0 unspecified atom stereocenters. The lowest BCUT2D eigenvalue weighted by molar-refractivity contribution is -0.122. The Labute approximate surface area is 232 Å². The average Bonchev–Trinajstić information content (AvgIpc) is 2.85. The summed E-state index contributed by atoms with van der Waals surface area (Å²) in [5.41, 5.74) is 3.95. The van der Waals surface area contributed by atoms with E-state index in [4.69, 9.17) is 16.3 Å². The number of anilines is 2. The summed E-state index contributed by atoms with van der Waals surface area (Å²) in [4.78, 5) is 51.5. The van der Waals surface area contributed by atoms with Gasteiger partial charge in [-0.1, -0.05) is 41.4 Å². The maximum atomic E-state index is 13.2. The molecule has 8 nitrogen and oxygen atoms in total. The molecular weight excluding hydrogens is 574 g/mol. The number of imide groups is 2. The van der Waals surface area contributed by atoms with Gasteiger partial charge in [0.2, 0.25) is 0 Å². The van der Waals surface area contributed by atoms with E-state index in [1.807, 2.05) is 32.0 Å². The number of rotatable bonds is 6. The molecule has 194 valence electrons. The molecule has 1 aliphatic heterocycles. The first kappa shape index (κ1) is 27.1. The molecular formula is C28H23BrClN3O5. The summed E-state index contributed by atoms with van der Waals surface area (Å²) in [6.45, 7) is 5.40. The number of urea groups is 1. The molecule has 1 heterocycles. The summed E-state index contributed by atoms with van der Waals surface area (Å²) in [5.74, 6) is -1.51. The van der Waals surface area contributed by atoms with Crippen molar-refractivity contribution in [2.45, 2.75) is 20.8 Å². The van der Waals surface area contributed by atoms with Gasteiger partial charge in [0.1, 0.15) is 11.3 Å². The largest absolute Gasteiger partial charge is 0.483 e. The molecule has 38 heavy (non-hydrogen) atoms. The fraction of sp³-hybridized carbons (Fsp3) is 0.143. The Morgan fingerprint density at radius 1 is 1.03 bits per heavy atom. The summed E-state index contributed by atoms with van der Waals surface area (Å²) in [6.07, 6.45) is 1.37. The molecule has 0 radical (unpaired) electrons. The molecule has 5 amide bonds. The first-order valence-corrected chi connectivity index (χ1v) is 12.7. The molecule has 0 saturated carbocycles. The van der Waals surface area contributed by atoms with Gasteiger partial charge >= 0.3 is 6.03 Å². The molecule has 0 aliphatic carbocycles. The van der Waals surface area contributed by atoms with Crippen molar-refractivity contribution in [1.29, 1.82) is 0 Å². The highest BCUT2D eigenvalue weighted by Crippen LogP contribution is 2.30. The zero-order valence-electron chi connectivity index (χ0n) is 20.7. The zero-order valence-corrected chi connectivity index (χ0v) is 23.1. The van der Waals surface area contributed by atoms with E-state index in [1.165, 1.54) is 12.1 Å². The van der Waals surface area contributed by atoms with E-state index < -0.39 is 17.8 Å². The SMILES string of the molecule is Cc1ccc(NC(=O)COc2ccc(/C=C3\C(=O)NC(=O)N(c4cc(Cl)ccc4C)C3=O)cc2Br)c(C)c1. The Morgan fingerprint density at radius 3 is 2.50 bits per heavy atom. The van der Waals surface area contributed by atoms with Crippen LogP contribution in [0.4, 0.5) is 16.2 Å². The summed E-state index contributed by atoms with van der Waals surface area (Å²) in [7, 11) is 0. The Morgan fingerprint density at radius 2 is 1.79 bits per heavy atom. The van der Waals surface area contributed by atoms with Gasteiger partial charge in [-0.2, -0.15) is 0 Å². The van der Waals surface area contributed by atoms with Crippen molar-refractivity contribution in [2.75, 3.05) is 16.8 Å². The summed E-state index contributed by atoms with van der Waals surface area (Å²) >= 11 is 9.47. The van der Waals surface area contributed by atoms with Crippen molar-refractivity contribution in [3.05, 3.63) is 91.9 Å². The fourth-order valence-electron chi connectivity index (χ4n) is 3.87. The number of hydrogen-bond donors (Lipinski definition) is 2. The van der Waals surface area contributed by atoms with Crippen molar-refractivity contribution in [3.63, 3.8) is 0 Å². The van der Waals surface area contributed by atoms with Crippen LogP contribution < -0.4 is 20.3 Å². The number of carbonyl (C=O) groups excluding carboxylic acids is 4. The quantitative estimate of drug-likeness (QED) is 0.280. The van der Waals surface area contributed by atoms with Crippen molar-refractivity contribution >= 4 is 68.7 Å². The number of nitrogens with one attached hydrogen (secondary N) is 2. The molecule has 3 aromatic carbocycles. The van der Waals surface area contributed by atoms with Crippen LogP contribution in [0.5, 0.6) is 5.75 Å². The molecule has 0 aromatic heterocycles. The van der Waals surface area contributed by atoms with Gasteiger partial charge in [-0.25, -0.2) is 9.69 Å². The normalized spacial score (nSPS) is 14.5. The van der Waals surface area contributed by atoms with Gasteiger partial charge in [0.25, 0.3) is 17.7 Å². The van der Waals surface area contributed by atoms with Crippen molar-refractivity contribution in [2.24, 2.45) is 0 Å². The Kier molecular flexibility index (Phi) is 7.99. The number of benzene rings is 3. The van der Waals surface area contributed by atoms with Crippen LogP contribution in [0.2, 0.25) is 5.02 Å². The second-order valence-electron chi connectivity index (χ2n) is 8.73. The minimum Gasteiger partial charge on any atom is -0.483 e. The maximum absolute atomic E-state index is 13.2. The highest BCUT2D eigenvalue weighted by molar-refractivity contribution is 9.10. The molecule has 10 heteroatoms. The highest BCUT2D eigenvalue weighted by atomic mass is 79.9. The van der Waals surface area contributed by atoms with Gasteiger partial charge in [0, 0.05) is 10.7 Å². The number of ether oxygens (including phenoxy) is 1. The first-order valence-electron chi connectivity index (χ1n) is 11.5. The predicted octanol–water partition coefficient (Wildman–Crippen LogP) is 5.71. The number of nitrogens with zero attached hydrogens (tertiary/aromatic N) is 1. The monoisotopic (exact) mass is 595 g/mol. The molecule has 1 aliphatic rings. The van der Waals surface area contributed by atoms with Crippen LogP contribution in [0.25, 0.3) is 6.08 Å². The second kappa shape index (κ2) is 11.2. The van der Waals surface area contributed by atoms with Crippen molar-refractivity contribution in [1.82, 2.24) is 5.32 Å². The Hall–Kier alpha value is -3.95. The van der Waals surface area contributed by atoms with Crippen LogP contribution in [0.3, 0.4) is 0 Å². The molecule has 3 aromatic rings. The number of halogens is 2. The van der Waals surface area contributed by atoms with Crippen LogP contribution in [-0.4, -0.2) is 30.4 Å². The van der Waals surface area contributed by atoms with E-state index in [0.29, 0.717) is 32.1 Å². The number of amides is 5. The zero-order chi connectivity index (χ0) is 27.6. The van der Waals surface area contributed by atoms with E-state index in [-0.39, 0.29) is 23.8 Å². The lowest BCUT2D eigenvalue weighted by Crippen LogP contribution is -2.54. The van der Waals surface area contributed by atoms with E-state index in [0.717, 1.165) is 16.0 Å². The molecule has 0 bridgehead atoms. The van der Waals surface area contributed by atoms with Crippen molar-refractivity contribution in [3.8, 4) is 5.75 Å². The van der Waals surface area contributed by atoms with Crippen LogP contribution >= 0.6 is 27.5 Å². The minimum atomic E-state index is -0.855. The average molecular weight is 597 g/mol. The summed E-state index contributed by atoms with van der Waals surface area (Å²) in [5, 5.41) is 5.36. The molecule has 2 N–H and O–H groups in total. The summed E-state index contributed by atoms with van der Waals surface area (Å²) < 4.78 is 6.15. The maximum Gasteiger partial charge on any atom is 0.335 e. The lowest BCUT2D eigenvalue weighted by atomic mass is 10.1. The predicted molar refractivity (Wildman–Crippen MR) is 149 cm³/mol. The van der Waals surface area contributed by atoms with Crippen LogP contribution in [0.15, 0.2) is 64.6 Å². The molecule has 1 fully saturated rings. The number of barbiturate groups is 1. The molecule has 1 saturated heterocycles. The van der Waals surface area contributed by atoms with E-state index in [9.17, 15) is 19.2 Å². The fourth-order valence-corrected chi connectivity index (χ4v) is 4.55. The third-order valence-electron chi connectivity index (χ3n) is 5.80. The van der Waals surface area contributed by atoms with E-state index >= 15 is 0 Å².